The SMILES string of the molecule is CC(C)CCc1nn(CCC2CCCCC2)c(=O)n1Cc1ccc(-c2ccccc2C(=O)O)cc1. The molecule has 0 atom stereocenters. The Bertz CT molecular complexity index is 1180. The minimum Gasteiger partial charge on any atom is -0.478 e. The molecular formula is C29H37N3O3. The third kappa shape index (κ3) is 6.30. The zero-order valence-corrected chi connectivity index (χ0v) is 20.9. The van der Waals surface area contributed by atoms with Crippen LogP contribution in [-0.4, -0.2) is 25.4 Å². The number of aryl methyl sites for hydroxylation is 2. The highest BCUT2D eigenvalue weighted by molar-refractivity contribution is 5.95. The van der Waals surface area contributed by atoms with Gasteiger partial charge in [0.2, 0.25) is 0 Å². The smallest absolute Gasteiger partial charge is 0.346 e. The number of hydrogen-bond donors (Lipinski definition) is 1. The maximum atomic E-state index is 13.3. The summed E-state index contributed by atoms with van der Waals surface area (Å²) in [6, 6.07) is 14.8. The summed E-state index contributed by atoms with van der Waals surface area (Å²) < 4.78 is 3.51. The Kier molecular flexibility index (Phi) is 8.21. The Morgan fingerprint density at radius 3 is 2.46 bits per heavy atom. The van der Waals surface area contributed by atoms with Crippen LogP contribution in [0.3, 0.4) is 0 Å². The Labute approximate surface area is 207 Å². The molecule has 0 unspecified atom stereocenters. The fraction of sp³-hybridized carbons (Fsp3) is 0.483. The number of aromatic nitrogens is 3. The first-order valence-electron chi connectivity index (χ1n) is 13.0. The molecule has 1 heterocycles. The molecule has 6 heteroatoms. The summed E-state index contributed by atoms with van der Waals surface area (Å²) in [6.45, 7) is 5.54. The number of hydrogen-bond acceptors (Lipinski definition) is 3. The molecule has 6 nitrogen and oxygen atoms in total. The van der Waals surface area contributed by atoms with E-state index in [0.29, 0.717) is 30.5 Å². The Hall–Kier alpha value is -3.15. The van der Waals surface area contributed by atoms with Crippen molar-refractivity contribution in [1.82, 2.24) is 14.3 Å². The minimum atomic E-state index is -0.938. The van der Waals surface area contributed by atoms with E-state index >= 15 is 0 Å². The molecule has 0 spiro atoms. The Morgan fingerprint density at radius 2 is 1.77 bits per heavy atom. The predicted octanol–water partition coefficient (Wildman–Crippen LogP) is 6.02. The van der Waals surface area contributed by atoms with Gasteiger partial charge in [-0.3, -0.25) is 4.57 Å². The summed E-state index contributed by atoms with van der Waals surface area (Å²) in [6.07, 6.45) is 9.29. The molecule has 1 saturated carbocycles. The Balaban J connectivity index is 1.54. The number of aromatic carboxylic acids is 1. The molecular weight excluding hydrogens is 438 g/mol. The lowest BCUT2D eigenvalue weighted by atomic mass is 9.87. The molecule has 1 aliphatic carbocycles. The van der Waals surface area contributed by atoms with Crippen molar-refractivity contribution in [3.63, 3.8) is 0 Å². The van der Waals surface area contributed by atoms with E-state index in [0.717, 1.165) is 36.2 Å². The molecule has 3 aromatic rings. The number of rotatable bonds is 10. The molecule has 1 N–H and O–H groups in total. The van der Waals surface area contributed by atoms with E-state index in [1.807, 2.05) is 41.0 Å². The van der Waals surface area contributed by atoms with E-state index in [4.69, 9.17) is 5.10 Å². The molecule has 1 aliphatic rings. The van der Waals surface area contributed by atoms with E-state index in [1.54, 1.807) is 16.8 Å². The van der Waals surface area contributed by atoms with Crippen LogP contribution in [0, 0.1) is 11.8 Å². The van der Waals surface area contributed by atoms with Crippen molar-refractivity contribution in [2.45, 2.75) is 78.3 Å². The van der Waals surface area contributed by atoms with Gasteiger partial charge in [0.15, 0.2) is 0 Å². The van der Waals surface area contributed by atoms with E-state index in [2.05, 4.69) is 13.8 Å². The average Bonchev–Trinajstić information content (AvgIpc) is 3.16. The van der Waals surface area contributed by atoms with Crippen molar-refractivity contribution < 1.29 is 9.90 Å². The third-order valence-corrected chi connectivity index (χ3v) is 7.18. The van der Waals surface area contributed by atoms with Gasteiger partial charge in [0.1, 0.15) is 5.82 Å². The maximum Gasteiger partial charge on any atom is 0.346 e. The van der Waals surface area contributed by atoms with Gasteiger partial charge in [-0.15, -0.1) is 0 Å². The summed E-state index contributed by atoms with van der Waals surface area (Å²) in [5.74, 6) is 1.17. The molecule has 186 valence electrons. The third-order valence-electron chi connectivity index (χ3n) is 7.18. The van der Waals surface area contributed by atoms with Gasteiger partial charge in [0, 0.05) is 13.0 Å². The molecule has 0 saturated heterocycles. The van der Waals surface area contributed by atoms with Crippen LogP contribution >= 0.6 is 0 Å². The van der Waals surface area contributed by atoms with Gasteiger partial charge < -0.3 is 5.11 Å². The van der Waals surface area contributed by atoms with Crippen LogP contribution in [0.4, 0.5) is 0 Å². The molecule has 2 aromatic carbocycles. The van der Waals surface area contributed by atoms with Crippen molar-refractivity contribution in [3.8, 4) is 11.1 Å². The van der Waals surface area contributed by atoms with E-state index in [1.165, 1.54) is 32.1 Å². The van der Waals surface area contributed by atoms with Gasteiger partial charge in [-0.1, -0.05) is 88.4 Å². The van der Waals surface area contributed by atoms with E-state index < -0.39 is 5.97 Å². The van der Waals surface area contributed by atoms with Crippen LogP contribution < -0.4 is 5.69 Å². The van der Waals surface area contributed by atoms with Crippen LogP contribution in [0.15, 0.2) is 53.3 Å². The van der Waals surface area contributed by atoms with Gasteiger partial charge in [0.25, 0.3) is 0 Å². The first kappa shape index (κ1) is 25.0. The number of benzene rings is 2. The number of carboxylic acids is 1. The second-order valence-electron chi connectivity index (χ2n) is 10.3. The maximum absolute atomic E-state index is 13.3. The first-order chi connectivity index (χ1) is 16.9. The van der Waals surface area contributed by atoms with Gasteiger partial charge in [0.05, 0.1) is 12.1 Å². The lowest BCUT2D eigenvalue weighted by Crippen LogP contribution is -2.27. The lowest BCUT2D eigenvalue weighted by Gasteiger charge is -2.20. The van der Waals surface area contributed by atoms with Crippen LogP contribution in [0.2, 0.25) is 0 Å². The van der Waals surface area contributed by atoms with Crippen molar-refractivity contribution >= 4 is 5.97 Å². The zero-order chi connectivity index (χ0) is 24.8. The summed E-state index contributed by atoms with van der Waals surface area (Å²) in [7, 11) is 0. The van der Waals surface area contributed by atoms with Gasteiger partial charge >= 0.3 is 11.7 Å². The second kappa shape index (κ2) is 11.5. The molecule has 0 radical (unpaired) electrons. The minimum absolute atomic E-state index is 0.0279. The molecule has 1 aromatic heterocycles. The van der Waals surface area contributed by atoms with Crippen LogP contribution in [-0.2, 0) is 19.5 Å². The van der Waals surface area contributed by atoms with E-state index in [-0.39, 0.29) is 11.3 Å². The molecule has 0 aliphatic heterocycles. The fourth-order valence-electron chi connectivity index (χ4n) is 5.07. The number of nitrogens with zero attached hydrogens (tertiary/aromatic N) is 3. The Morgan fingerprint density at radius 1 is 1.06 bits per heavy atom. The summed E-state index contributed by atoms with van der Waals surface area (Å²) >= 11 is 0. The van der Waals surface area contributed by atoms with Crippen LogP contribution in [0.5, 0.6) is 0 Å². The fourth-order valence-corrected chi connectivity index (χ4v) is 5.07. The quantitative estimate of drug-likeness (QED) is 0.389. The topological polar surface area (TPSA) is 77.1 Å². The van der Waals surface area contributed by atoms with Crippen molar-refractivity contribution in [3.05, 3.63) is 76.0 Å². The molecule has 0 bridgehead atoms. The van der Waals surface area contributed by atoms with Gasteiger partial charge in [-0.2, -0.15) is 5.10 Å². The number of carboxylic acid groups (broad SMARTS) is 1. The molecule has 0 amide bonds. The highest BCUT2D eigenvalue weighted by Crippen LogP contribution is 2.27. The summed E-state index contributed by atoms with van der Waals surface area (Å²) in [4.78, 5) is 24.9. The highest BCUT2D eigenvalue weighted by Gasteiger charge is 2.18. The van der Waals surface area contributed by atoms with Crippen LogP contribution in [0.25, 0.3) is 11.1 Å². The second-order valence-corrected chi connectivity index (χ2v) is 10.3. The lowest BCUT2D eigenvalue weighted by molar-refractivity contribution is 0.0697. The van der Waals surface area contributed by atoms with Crippen molar-refractivity contribution in [2.24, 2.45) is 11.8 Å². The summed E-state index contributed by atoms with van der Waals surface area (Å²) in [5, 5.41) is 14.3. The van der Waals surface area contributed by atoms with Crippen molar-refractivity contribution in [1.29, 1.82) is 0 Å². The highest BCUT2D eigenvalue weighted by atomic mass is 16.4. The molecule has 4 rings (SSSR count). The van der Waals surface area contributed by atoms with Crippen molar-refractivity contribution in [2.75, 3.05) is 0 Å². The number of carbonyl (C=O) groups is 1. The largest absolute Gasteiger partial charge is 0.478 e. The predicted molar refractivity (Wildman–Crippen MR) is 139 cm³/mol. The van der Waals surface area contributed by atoms with Crippen LogP contribution in [0.1, 0.15) is 80.5 Å². The zero-order valence-electron chi connectivity index (χ0n) is 20.9. The first-order valence-corrected chi connectivity index (χ1v) is 13.0. The average molecular weight is 476 g/mol. The summed E-state index contributed by atoms with van der Waals surface area (Å²) in [5.41, 5.74) is 2.80. The standard InChI is InChI=1S/C29H37N3O3/c1-21(2)12-17-27-30-32(19-18-22-8-4-3-5-9-22)29(35)31(27)20-23-13-15-24(16-14-23)25-10-6-7-11-26(25)28(33)34/h6-7,10-11,13-16,21-22H,3-5,8-9,12,17-20H2,1-2H3,(H,33,34). The monoisotopic (exact) mass is 475 g/mol. The van der Waals surface area contributed by atoms with E-state index in [9.17, 15) is 14.7 Å². The molecule has 1 fully saturated rings. The van der Waals surface area contributed by atoms with Gasteiger partial charge in [-0.05, 0) is 47.4 Å². The van der Waals surface area contributed by atoms with Gasteiger partial charge in [-0.25, -0.2) is 14.3 Å². The normalized spacial score (nSPS) is 14.5. The molecule has 35 heavy (non-hydrogen) atoms.